The molecule has 1 rings (SSSR count). The van der Waals surface area contributed by atoms with E-state index < -0.39 is 0 Å². The van der Waals surface area contributed by atoms with Gasteiger partial charge in [-0.05, 0) is 43.5 Å². The third-order valence-corrected chi connectivity index (χ3v) is 3.21. The van der Waals surface area contributed by atoms with Gasteiger partial charge in [-0.25, -0.2) is 0 Å². The molecule has 0 aliphatic rings. The molecule has 3 nitrogen and oxygen atoms in total. The second-order valence-corrected chi connectivity index (χ2v) is 5.20. The Morgan fingerprint density at radius 2 is 1.84 bits per heavy atom. The molecular formula is C16H26N2O. The van der Waals surface area contributed by atoms with E-state index in [0.717, 1.165) is 25.9 Å². The molecule has 0 bridgehead atoms. The Hall–Kier alpha value is -1.35. The quantitative estimate of drug-likeness (QED) is 0.707. The lowest BCUT2D eigenvalue weighted by atomic mass is 10.0. The maximum absolute atomic E-state index is 11.5. The van der Waals surface area contributed by atoms with Crippen LogP contribution in [0, 0.1) is 0 Å². The van der Waals surface area contributed by atoms with Crippen molar-refractivity contribution in [3.8, 4) is 0 Å². The van der Waals surface area contributed by atoms with Crippen LogP contribution < -0.4 is 10.6 Å². The molecular weight excluding hydrogens is 236 g/mol. The van der Waals surface area contributed by atoms with E-state index in [2.05, 4.69) is 48.7 Å². The van der Waals surface area contributed by atoms with Gasteiger partial charge in [0, 0.05) is 13.0 Å². The number of nitrogens with one attached hydrogen (secondary N) is 2. The molecule has 0 radical (unpaired) electrons. The Balaban J connectivity index is 2.23. The molecule has 0 saturated carbocycles. The number of carbonyl (C=O) groups is 1. The lowest BCUT2D eigenvalue weighted by Gasteiger charge is -2.08. The van der Waals surface area contributed by atoms with Crippen molar-refractivity contribution < 1.29 is 4.79 Å². The lowest BCUT2D eigenvalue weighted by Crippen LogP contribution is -2.26. The summed E-state index contributed by atoms with van der Waals surface area (Å²) in [6.45, 7) is 6.00. The Morgan fingerprint density at radius 3 is 2.42 bits per heavy atom. The van der Waals surface area contributed by atoms with Crippen molar-refractivity contribution in [1.29, 1.82) is 0 Å². The first-order valence-electron chi connectivity index (χ1n) is 7.13. The smallest absolute Gasteiger partial charge is 0.220 e. The van der Waals surface area contributed by atoms with Gasteiger partial charge in [0.25, 0.3) is 0 Å². The third-order valence-electron chi connectivity index (χ3n) is 3.21. The van der Waals surface area contributed by atoms with Gasteiger partial charge < -0.3 is 10.6 Å². The van der Waals surface area contributed by atoms with E-state index in [9.17, 15) is 4.79 Å². The molecule has 106 valence electrons. The van der Waals surface area contributed by atoms with Gasteiger partial charge in [0.1, 0.15) is 0 Å². The molecule has 1 aromatic rings. The van der Waals surface area contributed by atoms with Gasteiger partial charge in [-0.3, -0.25) is 4.79 Å². The average Bonchev–Trinajstić information content (AvgIpc) is 2.39. The molecule has 0 spiro atoms. The molecule has 0 aliphatic heterocycles. The number of amides is 1. The van der Waals surface area contributed by atoms with Gasteiger partial charge in [-0.2, -0.15) is 0 Å². The van der Waals surface area contributed by atoms with Crippen LogP contribution in [0.25, 0.3) is 0 Å². The number of carbonyl (C=O) groups excluding carboxylic acids is 1. The summed E-state index contributed by atoms with van der Waals surface area (Å²) < 4.78 is 0. The van der Waals surface area contributed by atoms with E-state index in [1.807, 2.05) is 7.05 Å². The van der Waals surface area contributed by atoms with E-state index >= 15 is 0 Å². The van der Waals surface area contributed by atoms with Crippen LogP contribution in [0.2, 0.25) is 0 Å². The van der Waals surface area contributed by atoms with Crippen LogP contribution in [-0.4, -0.2) is 26.0 Å². The van der Waals surface area contributed by atoms with Crippen molar-refractivity contribution in [3.63, 3.8) is 0 Å². The minimum atomic E-state index is 0.147. The molecule has 0 aromatic heterocycles. The number of benzene rings is 1. The summed E-state index contributed by atoms with van der Waals surface area (Å²) in [7, 11) is 1.90. The summed E-state index contributed by atoms with van der Waals surface area (Å²) in [6, 6.07) is 8.66. The monoisotopic (exact) mass is 262 g/mol. The molecule has 2 N–H and O–H groups in total. The van der Waals surface area contributed by atoms with Gasteiger partial charge in [0.05, 0.1) is 0 Å². The fraction of sp³-hybridized carbons (Fsp3) is 0.562. The molecule has 0 fully saturated rings. The van der Waals surface area contributed by atoms with E-state index in [0.29, 0.717) is 12.3 Å². The number of hydrogen-bond donors (Lipinski definition) is 2. The molecule has 3 heteroatoms. The Bertz CT molecular complexity index is 371. The second-order valence-electron chi connectivity index (χ2n) is 5.20. The van der Waals surface area contributed by atoms with Crippen LogP contribution in [-0.2, 0) is 11.2 Å². The van der Waals surface area contributed by atoms with Crippen LogP contribution >= 0.6 is 0 Å². The summed E-state index contributed by atoms with van der Waals surface area (Å²) in [5.74, 6) is 0.718. The summed E-state index contributed by atoms with van der Waals surface area (Å²) in [5, 5.41) is 6.00. The summed E-state index contributed by atoms with van der Waals surface area (Å²) in [6.07, 6.45) is 2.40. The minimum Gasteiger partial charge on any atom is -0.356 e. The van der Waals surface area contributed by atoms with E-state index in [1.165, 1.54) is 11.1 Å². The molecule has 0 unspecified atom stereocenters. The predicted molar refractivity (Wildman–Crippen MR) is 80.4 cm³/mol. The highest BCUT2D eigenvalue weighted by Crippen LogP contribution is 2.14. The molecule has 1 aromatic carbocycles. The molecule has 0 heterocycles. The molecule has 0 atom stereocenters. The lowest BCUT2D eigenvalue weighted by molar-refractivity contribution is -0.121. The van der Waals surface area contributed by atoms with Crippen LogP contribution in [0.5, 0.6) is 0 Å². The van der Waals surface area contributed by atoms with Crippen LogP contribution in [0.3, 0.4) is 0 Å². The summed E-state index contributed by atoms with van der Waals surface area (Å²) in [4.78, 5) is 11.5. The molecule has 19 heavy (non-hydrogen) atoms. The van der Waals surface area contributed by atoms with Crippen molar-refractivity contribution in [1.82, 2.24) is 10.6 Å². The van der Waals surface area contributed by atoms with Gasteiger partial charge in [0.15, 0.2) is 0 Å². The first-order chi connectivity index (χ1) is 9.13. The maximum Gasteiger partial charge on any atom is 0.220 e. The van der Waals surface area contributed by atoms with Crippen LogP contribution in [0.4, 0.5) is 0 Å². The van der Waals surface area contributed by atoms with Crippen molar-refractivity contribution in [2.45, 2.75) is 39.0 Å². The van der Waals surface area contributed by atoms with Crippen molar-refractivity contribution in [2.24, 2.45) is 0 Å². The highest BCUT2D eigenvalue weighted by molar-refractivity contribution is 5.75. The molecule has 0 saturated heterocycles. The van der Waals surface area contributed by atoms with Gasteiger partial charge in [0.2, 0.25) is 5.91 Å². The fourth-order valence-electron chi connectivity index (χ4n) is 1.93. The summed E-state index contributed by atoms with van der Waals surface area (Å²) in [5.41, 5.74) is 2.64. The Kier molecular flexibility index (Phi) is 7.19. The molecule has 0 aliphatic carbocycles. The van der Waals surface area contributed by atoms with Crippen molar-refractivity contribution in [3.05, 3.63) is 35.4 Å². The zero-order valence-electron chi connectivity index (χ0n) is 12.3. The zero-order chi connectivity index (χ0) is 14.1. The standard InChI is InChI=1S/C16H26N2O/c1-13(2)15-8-6-14(7-9-15)10-12-18-16(19)5-4-11-17-3/h6-9,13,17H,4-5,10-12H2,1-3H3,(H,18,19). The SMILES string of the molecule is CNCCCC(=O)NCCc1ccc(C(C)C)cc1. The van der Waals surface area contributed by atoms with E-state index in [-0.39, 0.29) is 5.91 Å². The van der Waals surface area contributed by atoms with Gasteiger partial charge in [-0.15, -0.1) is 0 Å². The van der Waals surface area contributed by atoms with Crippen molar-refractivity contribution >= 4 is 5.91 Å². The fourth-order valence-corrected chi connectivity index (χ4v) is 1.93. The number of hydrogen-bond acceptors (Lipinski definition) is 2. The predicted octanol–water partition coefficient (Wildman–Crippen LogP) is 2.47. The van der Waals surface area contributed by atoms with Crippen molar-refractivity contribution in [2.75, 3.05) is 20.1 Å². The Labute approximate surface area is 116 Å². The zero-order valence-corrected chi connectivity index (χ0v) is 12.3. The van der Waals surface area contributed by atoms with E-state index in [4.69, 9.17) is 0 Å². The van der Waals surface area contributed by atoms with Crippen LogP contribution in [0.1, 0.15) is 43.7 Å². The van der Waals surface area contributed by atoms with Gasteiger partial charge >= 0.3 is 0 Å². The first-order valence-corrected chi connectivity index (χ1v) is 7.13. The number of rotatable bonds is 8. The Morgan fingerprint density at radius 1 is 1.16 bits per heavy atom. The molecule has 1 amide bonds. The highest BCUT2D eigenvalue weighted by Gasteiger charge is 2.01. The first kappa shape index (κ1) is 15.7. The second kappa shape index (κ2) is 8.70. The van der Waals surface area contributed by atoms with E-state index in [1.54, 1.807) is 0 Å². The largest absolute Gasteiger partial charge is 0.356 e. The van der Waals surface area contributed by atoms with Gasteiger partial charge in [-0.1, -0.05) is 38.1 Å². The maximum atomic E-state index is 11.5. The minimum absolute atomic E-state index is 0.147. The third kappa shape index (κ3) is 6.39. The highest BCUT2D eigenvalue weighted by atomic mass is 16.1. The normalized spacial score (nSPS) is 10.7. The average molecular weight is 262 g/mol. The summed E-state index contributed by atoms with van der Waals surface area (Å²) >= 11 is 0. The topological polar surface area (TPSA) is 41.1 Å². The van der Waals surface area contributed by atoms with Crippen LogP contribution in [0.15, 0.2) is 24.3 Å².